The van der Waals surface area contributed by atoms with E-state index in [0.29, 0.717) is 0 Å². The molecule has 0 saturated heterocycles. The zero-order valence-corrected chi connectivity index (χ0v) is 6.77. The van der Waals surface area contributed by atoms with Crippen LogP contribution in [0.4, 0.5) is 0 Å². The minimum atomic E-state index is -0.205. The fraction of sp³-hybridized carbons (Fsp3) is 1.00. The van der Waals surface area contributed by atoms with Gasteiger partial charge in [0.2, 0.25) is 0 Å². The van der Waals surface area contributed by atoms with Crippen molar-refractivity contribution in [3.63, 3.8) is 0 Å². The Morgan fingerprint density at radius 2 is 2.00 bits per heavy atom. The zero-order chi connectivity index (χ0) is 7.49. The molecule has 0 saturated carbocycles. The van der Waals surface area contributed by atoms with Crippen molar-refractivity contribution in [2.45, 2.75) is 38.8 Å². The molecule has 1 atom stereocenters. The summed E-state index contributed by atoms with van der Waals surface area (Å²) in [6.45, 7) is 6.03. The average Bonchev–Trinajstić information content (AvgIpc) is 1.65. The molecule has 0 aliphatic heterocycles. The number of methoxy groups -OCH3 is 1. The summed E-state index contributed by atoms with van der Waals surface area (Å²) in [5.41, 5.74) is 5.57. The predicted molar refractivity (Wildman–Crippen MR) is 39.4 cm³/mol. The first-order valence-corrected chi connectivity index (χ1v) is 3.34. The SMILES string of the molecule is CCC(OC)C(C)(C)N. The predicted octanol–water partition coefficient (Wildman–Crippen LogP) is 1.15. The van der Waals surface area contributed by atoms with Crippen LogP contribution in [0.3, 0.4) is 0 Å². The van der Waals surface area contributed by atoms with Crippen molar-refractivity contribution in [3.8, 4) is 0 Å². The standard InChI is InChI=1S/C7H17NO/c1-5-6(9-4)7(2,3)8/h6H,5,8H2,1-4H3. The van der Waals surface area contributed by atoms with Gasteiger partial charge in [0.1, 0.15) is 0 Å². The summed E-state index contributed by atoms with van der Waals surface area (Å²) in [5.74, 6) is 0. The molecule has 0 spiro atoms. The van der Waals surface area contributed by atoms with Gasteiger partial charge in [0.25, 0.3) is 0 Å². The topological polar surface area (TPSA) is 35.2 Å². The van der Waals surface area contributed by atoms with Crippen LogP contribution in [0, 0.1) is 0 Å². The molecule has 0 aliphatic rings. The highest BCUT2D eigenvalue weighted by Crippen LogP contribution is 2.11. The van der Waals surface area contributed by atoms with E-state index < -0.39 is 0 Å². The fourth-order valence-electron chi connectivity index (χ4n) is 0.997. The molecule has 0 aromatic rings. The molecule has 0 heterocycles. The molecular weight excluding hydrogens is 114 g/mol. The van der Waals surface area contributed by atoms with E-state index in [9.17, 15) is 0 Å². The second kappa shape index (κ2) is 3.18. The summed E-state index contributed by atoms with van der Waals surface area (Å²) in [4.78, 5) is 0. The Morgan fingerprint density at radius 1 is 1.56 bits per heavy atom. The second-order valence-electron chi connectivity index (χ2n) is 2.95. The van der Waals surface area contributed by atoms with Crippen LogP contribution >= 0.6 is 0 Å². The van der Waals surface area contributed by atoms with Gasteiger partial charge in [-0.15, -0.1) is 0 Å². The molecule has 0 aromatic heterocycles. The Labute approximate surface area is 57.4 Å². The van der Waals surface area contributed by atoms with Crippen molar-refractivity contribution in [2.24, 2.45) is 5.73 Å². The zero-order valence-electron chi connectivity index (χ0n) is 6.77. The highest BCUT2D eigenvalue weighted by molar-refractivity contribution is 4.81. The van der Waals surface area contributed by atoms with Crippen molar-refractivity contribution in [1.82, 2.24) is 0 Å². The molecule has 2 nitrogen and oxygen atoms in total. The van der Waals surface area contributed by atoms with Crippen LogP contribution in [-0.2, 0) is 4.74 Å². The van der Waals surface area contributed by atoms with E-state index in [2.05, 4.69) is 6.92 Å². The van der Waals surface area contributed by atoms with Crippen LogP contribution in [0.2, 0.25) is 0 Å². The smallest absolute Gasteiger partial charge is 0.0742 e. The first kappa shape index (κ1) is 8.92. The molecule has 56 valence electrons. The largest absolute Gasteiger partial charge is 0.380 e. The van der Waals surface area contributed by atoms with Crippen molar-refractivity contribution < 1.29 is 4.74 Å². The molecule has 0 rings (SSSR count). The summed E-state index contributed by atoms with van der Waals surface area (Å²) in [6.07, 6.45) is 1.15. The van der Waals surface area contributed by atoms with E-state index >= 15 is 0 Å². The van der Waals surface area contributed by atoms with E-state index in [-0.39, 0.29) is 11.6 Å². The molecule has 0 bridgehead atoms. The van der Waals surface area contributed by atoms with Crippen molar-refractivity contribution in [3.05, 3.63) is 0 Å². The maximum atomic E-state index is 5.78. The highest BCUT2D eigenvalue weighted by atomic mass is 16.5. The van der Waals surface area contributed by atoms with E-state index in [4.69, 9.17) is 10.5 Å². The van der Waals surface area contributed by atoms with Crippen molar-refractivity contribution in [2.75, 3.05) is 7.11 Å². The molecule has 9 heavy (non-hydrogen) atoms. The first-order valence-electron chi connectivity index (χ1n) is 3.34. The number of rotatable bonds is 3. The van der Waals surface area contributed by atoms with E-state index in [0.717, 1.165) is 6.42 Å². The number of ether oxygens (including phenoxy) is 1. The van der Waals surface area contributed by atoms with Crippen LogP contribution in [0.25, 0.3) is 0 Å². The molecule has 0 fully saturated rings. The van der Waals surface area contributed by atoms with Gasteiger partial charge in [0.15, 0.2) is 0 Å². The van der Waals surface area contributed by atoms with Crippen LogP contribution in [0.5, 0.6) is 0 Å². The van der Waals surface area contributed by atoms with Gasteiger partial charge in [-0.05, 0) is 20.3 Å². The Morgan fingerprint density at radius 3 is 2.00 bits per heavy atom. The summed E-state index contributed by atoms with van der Waals surface area (Å²) in [6, 6.07) is 0. The van der Waals surface area contributed by atoms with Gasteiger partial charge < -0.3 is 10.5 Å². The van der Waals surface area contributed by atoms with Gasteiger partial charge in [-0.2, -0.15) is 0 Å². The highest BCUT2D eigenvalue weighted by Gasteiger charge is 2.22. The third-order valence-electron chi connectivity index (χ3n) is 1.49. The van der Waals surface area contributed by atoms with Gasteiger partial charge >= 0.3 is 0 Å². The van der Waals surface area contributed by atoms with E-state index in [1.165, 1.54) is 0 Å². The number of hydrogen-bond donors (Lipinski definition) is 1. The fourth-order valence-corrected chi connectivity index (χ4v) is 0.997. The lowest BCUT2D eigenvalue weighted by atomic mass is 9.97. The van der Waals surface area contributed by atoms with Gasteiger partial charge in [0, 0.05) is 12.6 Å². The Hall–Kier alpha value is -0.0800. The molecular formula is C7H17NO. The number of nitrogens with two attached hydrogens (primary N) is 1. The van der Waals surface area contributed by atoms with Crippen molar-refractivity contribution in [1.29, 1.82) is 0 Å². The normalized spacial score (nSPS) is 15.7. The van der Waals surface area contributed by atoms with Crippen LogP contribution in [0.15, 0.2) is 0 Å². The lowest BCUT2D eigenvalue weighted by Crippen LogP contribution is -2.45. The molecule has 2 N–H and O–H groups in total. The third kappa shape index (κ3) is 2.82. The quantitative estimate of drug-likeness (QED) is 0.623. The molecule has 0 amide bonds. The molecule has 0 radical (unpaired) electrons. The van der Waals surface area contributed by atoms with Gasteiger partial charge in [-0.3, -0.25) is 0 Å². The summed E-state index contributed by atoms with van der Waals surface area (Å²) in [5, 5.41) is 0. The summed E-state index contributed by atoms with van der Waals surface area (Å²) >= 11 is 0. The van der Waals surface area contributed by atoms with Gasteiger partial charge in [-0.25, -0.2) is 0 Å². The average molecular weight is 131 g/mol. The lowest BCUT2D eigenvalue weighted by molar-refractivity contribution is 0.0467. The van der Waals surface area contributed by atoms with Gasteiger partial charge in [0.05, 0.1) is 6.10 Å². The number of hydrogen-bond acceptors (Lipinski definition) is 2. The Kier molecular flexibility index (Phi) is 3.15. The summed E-state index contributed by atoms with van der Waals surface area (Å²) < 4.78 is 5.14. The minimum absolute atomic E-state index is 0.178. The molecule has 0 aliphatic carbocycles. The Balaban J connectivity index is 3.79. The van der Waals surface area contributed by atoms with Crippen LogP contribution in [0.1, 0.15) is 27.2 Å². The second-order valence-corrected chi connectivity index (χ2v) is 2.95. The molecule has 0 aromatic carbocycles. The van der Waals surface area contributed by atoms with Gasteiger partial charge in [-0.1, -0.05) is 6.92 Å². The third-order valence-corrected chi connectivity index (χ3v) is 1.49. The van der Waals surface area contributed by atoms with Crippen molar-refractivity contribution >= 4 is 0 Å². The molecule has 2 heteroatoms. The Bertz CT molecular complexity index is 71.5. The molecule has 1 unspecified atom stereocenters. The van der Waals surface area contributed by atoms with Crippen LogP contribution < -0.4 is 5.73 Å². The maximum Gasteiger partial charge on any atom is 0.0742 e. The van der Waals surface area contributed by atoms with E-state index in [1.54, 1.807) is 7.11 Å². The lowest BCUT2D eigenvalue weighted by Gasteiger charge is -2.27. The first-order chi connectivity index (χ1) is 4.02. The minimum Gasteiger partial charge on any atom is -0.380 e. The summed E-state index contributed by atoms with van der Waals surface area (Å²) in [7, 11) is 1.70. The van der Waals surface area contributed by atoms with E-state index in [1.807, 2.05) is 13.8 Å². The maximum absolute atomic E-state index is 5.78. The monoisotopic (exact) mass is 131 g/mol. The van der Waals surface area contributed by atoms with Crippen LogP contribution in [-0.4, -0.2) is 18.8 Å².